The smallest absolute Gasteiger partial charge is 0.119 e. The third-order valence-corrected chi connectivity index (χ3v) is 4.39. The number of hydrogen-bond acceptors (Lipinski definition) is 3. The molecule has 0 spiro atoms. The third-order valence-electron chi connectivity index (χ3n) is 4.39. The second-order valence-corrected chi connectivity index (χ2v) is 6.02. The van der Waals surface area contributed by atoms with Crippen LogP contribution in [0.15, 0.2) is 24.3 Å². The van der Waals surface area contributed by atoms with Gasteiger partial charge in [-0.2, -0.15) is 0 Å². The lowest BCUT2D eigenvalue weighted by atomic mass is 9.94. The Morgan fingerprint density at radius 2 is 1.90 bits per heavy atom. The van der Waals surface area contributed by atoms with Crippen LogP contribution in [0, 0.1) is 0 Å². The molecule has 118 valence electrons. The van der Waals surface area contributed by atoms with E-state index in [1.165, 1.54) is 44.1 Å². The Kier molecular flexibility index (Phi) is 6.52. The van der Waals surface area contributed by atoms with E-state index in [0.29, 0.717) is 6.61 Å². The lowest BCUT2D eigenvalue weighted by Gasteiger charge is -2.33. The first-order chi connectivity index (χ1) is 10.3. The van der Waals surface area contributed by atoms with Crippen molar-refractivity contribution in [2.24, 2.45) is 0 Å². The molecule has 0 heterocycles. The number of likely N-dealkylation sites (N-methyl/N-ethyl adjacent to an activating group) is 1. The molecule has 0 amide bonds. The highest BCUT2D eigenvalue weighted by Gasteiger charge is 2.31. The van der Waals surface area contributed by atoms with Gasteiger partial charge in [0.2, 0.25) is 0 Å². The third kappa shape index (κ3) is 5.01. The fraction of sp³-hybridized carbons (Fsp3) is 0.667. The summed E-state index contributed by atoms with van der Waals surface area (Å²) in [6.45, 7) is 4.80. The van der Waals surface area contributed by atoms with Crippen LogP contribution in [-0.2, 0) is 11.3 Å². The maximum absolute atomic E-state index is 6.42. The van der Waals surface area contributed by atoms with Crippen molar-refractivity contribution in [3.05, 3.63) is 29.8 Å². The van der Waals surface area contributed by atoms with Crippen molar-refractivity contribution in [3.8, 4) is 5.75 Å². The van der Waals surface area contributed by atoms with Crippen molar-refractivity contribution >= 4 is 0 Å². The molecule has 0 aromatic heterocycles. The zero-order chi connectivity index (χ0) is 15.0. The molecule has 0 aliphatic heterocycles. The quantitative estimate of drug-likeness (QED) is 0.773. The van der Waals surface area contributed by atoms with Gasteiger partial charge in [-0.05, 0) is 37.1 Å². The average Bonchev–Trinajstić information content (AvgIpc) is 2.77. The van der Waals surface area contributed by atoms with Crippen LogP contribution in [0.2, 0.25) is 0 Å². The van der Waals surface area contributed by atoms with Crippen molar-refractivity contribution in [1.82, 2.24) is 5.32 Å². The molecule has 1 aromatic rings. The van der Waals surface area contributed by atoms with Gasteiger partial charge in [0.25, 0.3) is 0 Å². The van der Waals surface area contributed by atoms with Crippen LogP contribution >= 0.6 is 0 Å². The molecular formula is C18H29NO2. The second-order valence-electron chi connectivity index (χ2n) is 6.02. The maximum Gasteiger partial charge on any atom is 0.119 e. The monoisotopic (exact) mass is 291 g/mol. The average molecular weight is 291 g/mol. The van der Waals surface area contributed by atoms with E-state index in [2.05, 4.69) is 24.4 Å². The van der Waals surface area contributed by atoms with E-state index in [4.69, 9.17) is 9.47 Å². The highest BCUT2D eigenvalue weighted by molar-refractivity contribution is 5.27. The first-order valence-corrected chi connectivity index (χ1v) is 8.25. The summed E-state index contributed by atoms with van der Waals surface area (Å²) in [6, 6.07) is 8.18. The standard InChI is InChI=1S/C18H29NO2/c1-3-19-15-18(11-6-4-5-7-12-18)21-14-16-9-8-10-17(13-16)20-2/h8-10,13,19H,3-7,11-12,14-15H2,1-2H3. The Bertz CT molecular complexity index is 411. The van der Waals surface area contributed by atoms with Gasteiger partial charge in [-0.15, -0.1) is 0 Å². The van der Waals surface area contributed by atoms with Crippen LogP contribution in [0.3, 0.4) is 0 Å². The normalized spacial score (nSPS) is 18.2. The van der Waals surface area contributed by atoms with Gasteiger partial charge < -0.3 is 14.8 Å². The molecule has 0 bridgehead atoms. The molecule has 1 aliphatic carbocycles. The molecule has 21 heavy (non-hydrogen) atoms. The van der Waals surface area contributed by atoms with E-state index in [1.807, 2.05) is 12.1 Å². The minimum absolute atomic E-state index is 0.00951. The van der Waals surface area contributed by atoms with E-state index in [9.17, 15) is 0 Å². The predicted octanol–water partition coefficient (Wildman–Crippen LogP) is 3.91. The van der Waals surface area contributed by atoms with Gasteiger partial charge >= 0.3 is 0 Å². The molecule has 1 aromatic carbocycles. The summed E-state index contributed by atoms with van der Waals surface area (Å²) in [4.78, 5) is 0. The Morgan fingerprint density at radius 3 is 2.57 bits per heavy atom. The molecule has 1 saturated carbocycles. The number of rotatable bonds is 7. The molecule has 2 rings (SSSR count). The largest absolute Gasteiger partial charge is 0.497 e. The van der Waals surface area contributed by atoms with E-state index in [1.54, 1.807) is 7.11 Å². The Labute approximate surface area is 129 Å². The SMILES string of the molecule is CCNCC1(OCc2cccc(OC)c2)CCCCCC1. The van der Waals surface area contributed by atoms with Crippen LogP contribution < -0.4 is 10.1 Å². The lowest BCUT2D eigenvalue weighted by Crippen LogP contribution is -2.42. The molecular weight excluding hydrogens is 262 g/mol. The van der Waals surface area contributed by atoms with Crippen LogP contribution in [0.5, 0.6) is 5.75 Å². The molecule has 0 unspecified atom stereocenters. The first kappa shape index (κ1) is 16.3. The minimum atomic E-state index is 0.00951. The second kappa shape index (κ2) is 8.40. The Morgan fingerprint density at radius 1 is 1.14 bits per heavy atom. The topological polar surface area (TPSA) is 30.5 Å². The molecule has 0 saturated heterocycles. The van der Waals surface area contributed by atoms with E-state index >= 15 is 0 Å². The minimum Gasteiger partial charge on any atom is -0.497 e. The highest BCUT2D eigenvalue weighted by Crippen LogP contribution is 2.31. The molecule has 3 heteroatoms. The molecule has 0 atom stereocenters. The van der Waals surface area contributed by atoms with Crippen molar-refractivity contribution < 1.29 is 9.47 Å². The van der Waals surface area contributed by atoms with Crippen molar-refractivity contribution in [2.75, 3.05) is 20.2 Å². The number of benzene rings is 1. The van der Waals surface area contributed by atoms with E-state index < -0.39 is 0 Å². The van der Waals surface area contributed by atoms with Crippen LogP contribution in [-0.4, -0.2) is 25.8 Å². The van der Waals surface area contributed by atoms with Gasteiger partial charge in [-0.25, -0.2) is 0 Å². The summed E-state index contributed by atoms with van der Waals surface area (Å²) in [7, 11) is 1.71. The van der Waals surface area contributed by atoms with Gasteiger partial charge in [0, 0.05) is 6.54 Å². The van der Waals surface area contributed by atoms with Gasteiger partial charge in [-0.1, -0.05) is 44.7 Å². The fourth-order valence-electron chi connectivity index (χ4n) is 3.10. The summed E-state index contributed by atoms with van der Waals surface area (Å²) in [5.74, 6) is 0.901. The summed E-state index contributed by atoms with van der Waals surface area (Å²) in [6.07, 6.45) is 7.59. The van der Waals surface area contributed by atoms with Gasteiger partial charge in [-0.3, -0.25) is 0 Å². The number of methoxy groups -OCH3 is 1. The van der Waals surface area contributed by atoms with Crippen molar-refractivity contribution in [3.63, 3.8) is 0 Å². The zero-order valence-corrected chi connectivity index (χ0v) is 13.5. The summed E-state index contributed by atoms with van der Waals surface area (Å²) < 4.78 is 11.7. The highest BCUT2D eigenvalue weighted by atomic mass is 16.5. The lowest BCUT2D eigenvalue weighted by molar-refractivity contribution is -0.0653. The summed E-state index contributed by atoms with van der Waals surface area (Å²) in [5, 5.41) is 3.50. The van der Waals surface area contributed by atoms with E-state index in [0.717, 1.165) is 18.8 Å². The predicted molar refractivity (Wildman–Crippen MR) is 86.8 cm³/mol. The van der Waals surface area contributed by atoms with Crippen LogP contribution in [0.1, 0.15) is 51.0 Å². The molecule has 1 fully saturated rings. The molecule has 1 aliphatic rings. The molecule has 1 N–H and O–H groups in total. The summed E-state index contributed by atoms with van der Waals surface area (Å²) in [5.41, 5.74) is 1.20. The summed E-state index contributed by atoms with van der Waals surface area (Å²) >= 11 is 0. The molecule has 3 nitrogen and oxygen atoms in total. The number of hydrogen-bond donors (Lipinski definition) is 1. The van der Waals surface area contributed by atoms with Crippen molar-refractivity contribution in [2.45, 2.75) is 57.7 Å². The number of ether oxygens (including phenoxy) is 2. The number of nitrogens with one attached hydrogen (secondary N) is 1. The van der Waals surface area contributed by atoms with Gasteiger partial charge in [0.15, 0.2) is 0 Å². The van der Waals surface area contributed by atoms with E-state index in [-0.39, 0.29) is 5.60 Å². The van der Waals surface area contributed by atoms with Gasteiger partial charge in [0.1, 0.15) is 5.75 Å². The first-order valence-electron chi connectivity index (χ1n) is 8.25. The van der Waals surface area contributed by atoms with Crippen LogP contribution in [0.4, 0.5) is 0 Å². The zero-order valence-electron chi connectivity index (χ0n) is 13.5. The molecule has 0 radical (unpaired) electrons. The van der Waals surface area contributed by atoms with Gasteiger partial charge in [0.05, 0.1) is 19.3 Å². The fourth-order valence-corrected chi connectivity index (χ4v) is 3.10. The Balaban J connectivity index is 2.00. The van der Waals surface area contributed by atoms with Crippen molar-refractivity contribution in [1.29, 1.82) is 0 Å². The van der Waals surface area contributed by atoms with Crippen LogP contribution in [0.25, 0.3) is 0 Å². The Hall–Kier alpha value is -1.06. The maximum atomic E-state index is 6.42.